The van der Waals surface area contributed by atoms with E-state index < -0.39 is 6.10 Å². The molecule has 25 heavy (non-hydrogen) atoms. The highest BCUT2D eigenvalue weighted by Gasteiger charge is 2.11. The van der Waals surface area contributed by atoms with Gasteiger partial charge in [-0.25, -0.2) is 0 Å². The average molecular weight is 340 g/mol. The van der Waals surface area contributed by atoms with Gasteiger partial charge in [-0.1, -0.05) is 32.0 Å². The summed E-state index contributed by atoms with van der Waals surface area (Å²) in [4.78, 5) is 24.2. The Morgan fingerprint density at radius 2 is 1.52 bits per heavy atom. The van der Waals surface area contributed by atoms with Crippen molar-refractivity contribution in [1.29, 1.82) is 0 Å². The summed E-state index contributed by atoms with van der Waals surface area (Å²) in [7, 11) is 0. The Morgan fingerprint density at radius 1 is 0.920 bits per heavy atom. The fourth-order valence-electron chi connectivity index (χ4n) is 2.44. The van der Waals surface area contributed by atoms with Crippen molar-refractivity contribution in [1.82, 2.24) is 5.32 Å². The first-order valence-corrected chi connectivity index (χ1v) is 8.38. The van der Waals surface area contributed by atoms with Gasteiger partial charge >= 0.3 is 0 Å². The highest BCUT2D eigenvalue weighted by atomic mass is 16.3. The Kier molecular flexibility index (Phi) is 6.71. The molecule has 5 heteroatoms. The van der Waals surface area contributed by atoms with E-state index in [-0.39, 0.29) is 18.4 Å². The molecule has 0 fully saturated rings. The molecular formula is C20H24N2O3. The second-order valence-corrected chi connectivity index (χ2v) is 6.39. The molecular weight excluding hydrogens is 316 g/mol. The SMILES string of the molecule is CC(C)CC(O)CNC(=O)c1ccc(NC(=O)c2ccccc2)cc1. The van der Waals surface area contributed by atoms with E-state index in [4.69, 9.17) is 0 Å². The molecule has 3 N–H and O–H groups in total. The molecule has 0 aliphatic heterocycles. The lowest BCUT2D eigenvalue weighted by Crippen LogP contribution is -2.32. The van der Waals surface area contributed by atoms with E-state index in [1.54, 1.807) is 48.5 Å². The quantitative estimate of drug-likeness (QED) is 0.725. The van der Waals surface area contributed by atoms with Gasteiger partial charge in [0.05, 0.1) is 6.10 Å². The third kappa shape index (κ3) is 6.04. The van der Waals surface area contributed by atoms with E-state index in [9.17, 15) is 14.7 Å². The molecule has 2 aromatic rings. The zero-order valence-electron chi connectivity index (χ0n) is 14.5. The number of nitrogens with one attached hydrogen (secondary N) is 2. The zero-order chi connectivity index (χ0) is 18.2. The van der Waals surface area contributed by atoms with Gasteiger partial charge in [0.1, 0.15) is 0 Å². The lowest BCUT2D eigenvalue weighted by Gasteiger charge is -2.14. The maximum atomic E-state index is 12.1. The zero-order valence-corrected chi connectivity index (χ0v) is 14.5. The molecule has 2 aromatic carbocycles. The number of benzene rings is 2. The number of rotatable bonds is 7. The lowest BCUT2D eigenvalue weighted by atomic mass is 10.1. The molecule has 0 spiro atoms. The normalized spacial score (nSPS) is 11.8. The maximum Gasteiger partial charge on any atom is 0.255 e. The monoisotopic (exact) mass is 340 g/mol. The van der Waals surface area contributed by atoms with Crippen molar-refractivity contribution in [3.05, 3.63) is 65.7 Å². The molecule has 132 valence electrons. The number of amides is 2. The minimum Gasteiger partial charge on any atom is -0.391 e. The van der Waals surface area contributed by atoms with Crippen LogP contribution in [0.25, 0.3) is 0 Å². The molecule has 1 unspecified atom stereocenters. The number of aliphatic hydroxyl groups is 1. The molecule has 2 rings (SSSR count). The van der Waals surface area contributed by atoms with Crippen molar-refractivity contribution in [2.45, 2.75) is 26.4 Å². The van der Waals surface area contributed by atoms with Crippen molar-refractivity contribution in [2.24, 2.45) is 5.92 Å². The standard InChI is InChI=1S/C20H24N2O3/c1-14(2)12-18(23)13-21-19(24)16-8-10-17(11-9-16)22-20(25)15-6-4-3-5-7-15/h3-11,14,18,23H,12-13H2,1-2H3,(H,21,24)(H,22,25). The Morgan fingerprint density at radius 3 is 2.12 bits per heavy atom. The highest BCUT2D eigenvalue weighted by Crippen LogP contribution is 2.12. The van der Waals surface area contributed by atoms with Gasteiger partial charge in [0.15, 0.2) is 0 Å². The Balaban J connectivity index is 1.89. The van der Waals surface area contributed by atoms with Gasteiger partial charge < -0.3 is 15.7 Å². The summed E-state index contributed by atoms with van der Waals surface area (Å²) in [6, 6.07) is 15.6. The molecule has 0 saturated carbocycles. The van der Waals surface area contributed by atoms with E-state index in [0.717, 1.165) is 0 Å². The average Bonchev–Trinajstić information content (AvgIpc) is 2.60. The molecule has 0 aliphatic carbocycles. The van der Waals surface area contributed by atoms with Gasteiger partial charge in [-0.2, -0.15) is 0 Å². The van der Waals surface area contributed by atoms with Crippen LogP contribution >= 0.6 is 0 Å². The van der Waals surface area contributed by atoms with Gasteiger partial charge in [0, 0.05) is 23.4 Å². The predicted octanol–water partition coefficient (Wildman–Crippen LogP) is 3.08. The third-order valence-electron chi connectivity index (χ3n) is 3.68. The van der Waals surface area contributed by atoms with E-state index in [0.29, 0.717) is 29.2 Å². The van der Waals surface area contributed by atoms with Crippen molar-refractivity contribution in [3.8, 4) is 0 Å². The minimum atomic E-state index is -0.548. The predicted molar refractivity (Wildman–Crippen MR) is 98.6 cm³/mol. The molecule has 0 aliphatic rings. The molecule has 5 nitrogen and oxygen atoms in total. The van der Waals surface area contributed by atoms with Crippen LogP contribution in [0.2, 0.25) is 0 Å². The molecule has 0 aromatic heterocycles. The number of carbonyl (C=O) groups is 2. The topological polar surface area (TPSA) is 78.4 Å². The molecule has 0 bridgehead atoms. The summed E-state index contributed by atoms with van der Waals surface area (Å²) in [5.41, 5.74) is 1.67. The smallest absolute Gasteiger partial charge is 0.255 e. The van der Waals surface area contributed by atoms with Gasteiger partial charge in [-0.3, -0.25) is 9.59 Å². The summed E-state index contributed by atoms with van der Waals surface area (Å²) in [5, 5.41) is 15.3. The van der Waals surface area contributed by atoms with Crippen molar-refractivity contribution < 1.29 is 14.7 Å². The molecule has 0 heterocycles. The van der Waals surface area contributed by atoms with Crippen LogP contribution in [0.5, 0.6) is 0 Å². The molecule has 1 atom stereocenters. The van der Waals surface area contributed by atoms with E-state index in [1.165, 1.54) is 0 Å². The van der Waals surface area contributed by atoms with Crippen LogP contribution in [0.3, 0.4) is 0 Å². The fraction of sp³-hybridized carbons (Fsp3) is 0.300. The lowest BCUT2D eigenvalue weighted by molar-refractivity contribution is 0.0900. The second kappa shape index (κ2) is 8.99. The van der Waals surface area contributed by atoms with Gasteiger partial charge in [0.2, 0.25) is 0 Å². The first-order chi connectivity index (χ1) is 12.0. The van der Waals surface area contributed by atoms with Crippen LogP contribution < -0.4 is 10.6 Å². The van der Waals surface area contributed by atoms with Crippen molar-refractivity contribution >= 4 is 17.5 Å². The largest absolute Gasteiger partial charge is 0.391 e. The second-order valence-electron chi connectivity index (χ2n) is 6.39. The van der Waals surface area contributed by atoms with Gasteiger partial charge in [-0.05, 0) is 48.7 Å². The molecule has 0 radical (unpaired) electrons. The van der Waals surface area contributed by atoms with Crippen LogP contribution in [0, 0.1) is 5.92 Å². The number of carbonyl (C=O) groups excluding carboxylic acids is 2. The Bertz CT molecular complexity index is 697. The Labute approximate surface area is 148 Å². The van der Waals surface area contributed by atoms with Crippen LogP contribution in [0.1, 0.15) is 41.0 Å². The minimum absolute atomic E-state index is 0.199. The molecule has 0 saturated heterocycles. The van der Waals surface area contributed by atoms with E-state index in [2.05, 4.69) is 10.6 Å². The highest BCUT2D eigenvalue weighted by molar-refractivity contribution is 6.04. The van der Waals surface area contributed by atoms with E-state index in [1.807, 2.05) is 19.9 Å². The van der Waals surface area contributed by atoms with Gasteiger partial charge in [0.25, 0.3) is 11.8 Å². The summed E-state index contributed by atoms with van der Waals surface area (Å²) in [6.07, 6.45) is 0.0958. The summed E-state index contributed by atoms with van der Waals surface area (Å²) in [5.74, 6) is -0.0715. The summed E-state index contributed by atoms with van der Waals surface area (Å²) >= 11 is 0. The fourth-order valence-corrected chi connectivity index (χ4v) is 2.44. The summed E-state index contributed by atoms with van der Waals surface area (Å²) < 4.78 is 0. The maximum absolute atomic E-state index is 12.1. The third-order valence-corrected chi connectivity index (χ3v) is 3.68. The van der Waals surface area contributed by atoms with Crippen LogP contribution in [-0.4, -0.2) is 29.6 Å². The van der Waals surface area contributed by atoms with Crippen LogP contribution in [0.4, 0.5) is 5.69 Å². The summed E-state index contributed by atoms with van der Waals surface area (Å²) in [6.45, 7) is 4.27. The first kappa shape index (κ1) is 18.7. The number of hydrogen-bond acceptors (Lipinski definition) is 3. The van der Waals surface area contributed by atoms with Crippen molar-refractivity contribution in [2.75, 3.05) is 11.9 Å². The van der Waals surface area contributed by atoms with Crippen molar-refractivity contribution in [3.63, 3.8) is 0 Å². The van der Waals surface area contributed by atoms with Gasteiger partial charge in [-0.15, -0.1) is 0 Å². The molecule has 2 amide bonds. The number of hydrogen-bond donors (Lipinski definition) is 3. The number of aliphatic hydroxyl groups excluding tert-OH is 1. The van der Waals surface area contributed by atoms with Crippen LogP contribution in [-0.2, 0) is 0 Å². The number of anilines is 1. The van der Waals surface area contributed by atoms with E-state index >= 15 is 0 Å². The van der Waals surface area contributed by atoms with Crippen LogP contribution in [0.15, 0.2) is 54.6 Å². The first-order valence-electron chi connectivity index (χ1n) is 8.38. The Hall–Kier alpha value is -2.66.